The van der Waals surface area contributed by atoms with E-state index in [1.165, 1.54) is 11.8 Å². The lowest BCUT2D eigenvalue weighted by Gasteiger charge is -2.36. The van der Waals surface area contributed by atoms with Crippen LogP contribution in [0.4, 0.5) is 37.0 Å². The summed E-state index contributed by atoms with van der Waals surface area (Å²) in [5.74, 6) is 1.18. The normalized spacial score (nSPS) is 19.9. The first-order valence-corrected chi connectivity index (χ1v) is 14.2. The fraction of sp³-hybridized carbons (Fsp3) is 0.500. The van der Waals surface area contributed by atoms with Crippen LogP contribution in [-0.2, 0) is 28.4 Å². The molecule has 0 bridgehead atoms. The fourth-order valence-electron chi connectivity index (χ4n) is 5.97. The van der Waals surface area contributed by atoms with Crippen LogP contribution in [-0.4, -0.2) is 53.0 Å². The maximum atomic E-state index is 13.6. The molecule has 2 aromatic heterocycles. The van der Waals surface area contributed by atoms with Gasteiger partial charge in [0.25, 0.3) is 0 Å². The standard InChI is InChI=1S/C30H32F6N4O4/c1-5-39(24-6-8-42-9-7-24)27-21(10-20(14-37-27)25-16(2)38-44-18(25)4)15-40-17(3)26(43-28(40)41)19-11-22(29(31,32)33)13-23(12-19)30(34,35)36/h10-14,17,24,26H,5-9,15H2,1-4H3/t17-,26-/m0/s1. The van der Waals surface area contributed by atoms with Crippen molar-refractivity contribution in [3.05, 3.63) is 64.2 Å². The number of aryl methyl sites for hydroxylation is 2. The highest BCUT2D eigenvalue weighted by molar-refractivity contribution is 5.73. The number of carbonyl (C=O) groups is 1. The topological polar surface area (TPSA) is 80.9 Å². The van der Waals surface area contributed by atoms with E-state index >= 15 is 0 Å². The van der Waals surface area contributed by atoms with Crippen LogP contribution in [0, 0.1) is 13.8 Å². The summed E-state index contributed by atoms with van der Waals surface area (Å²) in [4.78, 5) is 21.4. The number of hydrogen-bond donors (Lipinski definition) is 0. The quantitative estimate of drug-likeness (QED) is 0.252. The largest absolute Gasteiger partial charge is 0.439 e. The maximum absolute atomic E-state index is 13.6. The lowest BCUT2D eigenvalue weighted by atomic mass is 9.97. The predicted octanol–water partition coefficient (Wildman–Crippen LogP) is 7.48. The molecule has 0 aliphatic carbocycles. The SMILES string of the molecule is CCN(c1ncc(-c2c(C)noc2C)cc1CN1C(=O)O[C@H](c2cc(C(F)(F)F)cc(C(F)(F)F)c2)[C@@H]1C)C1CCOCC1. The first kappa shape index (κ1) is 31.6. The van der Waals surface area contributed by atoms with Gasteiger partial charge in [0.05, 0.1) is 29.4 Å². The van der Waals surface area contributed by atoms with Crippen LogP contribution in [0.1, 0.15) is 66.5 Å². The van der Waals surface area contributed by atoms with Gasteiger partial charge >= 0.3 is 18.4 Å². The third-order valence-electron chi connectivity index (χ3n) is 8.18. The number of alkyl halides is 6. The monoisotopic (exact) mass is 626 g/mol. The number of anilines is 1. The summed E-state index contributed by atoms with van der Waals surface area (Å²) in [6.07, 6.45) is -9.07. The molecule has 1 amide bonds. The summed E-state index contributed by atoms with van der Waals surface area (Å²) in [5, 5.41) is 4.02. The molecule has 44 heavy (non-hydrogen) atoms. The first-order valence-electron chi connectivity index (χ1n) is 14.2. The zero-order valence-corrected chi connectivity index (χ0v) is 24.6. The van der Waals surface area contributed by atoms with E-state index in [9.17, 15) is 31.1 Å². The summed E-state index contributed by atoms with van der Waals surface area (Å²) in [6, 6.07) is 2.32. The van der Waals surface area contributed by atoms with E-state index in [-0.39, 0.29) is 18.7 Å². The maximum Gasteiger partial charge on any atom is 0.416 e. The molecule has 238 valence electrons. The number of hydrogen-bond acceptors (Lipinski definition) is 7. The molecule has 8 nitrogen and oxygen atoms in total. The summed E-state index contributed by atoms with van der Waals surface area (Å²) >= 11 is 0. The molecule has 3 aromatic rings. The Kier molecular flexibility index (Phi) is 8.58. The van der Waals surface area contributed by atoms with Gasteiger partial charge in [-0.15, -0.1) is 0 Å². The Balaban J connectivity index is 1.53. The number of carbonyl (C=O) groups excluding carboxylic acids is 1. The second kappa shape index (κ2) is 11.9. The van der Waals surface area contributed by atoms with Gasteiger partial charge in [-0.05, 0) is 70.4 Å². The number of nitrogens with zero attached hydrogens (tertiary/aromatic N) is 4. The summed E-state index contributed by atoms with van der Waals surface area (Å²) in [6.45, 7) is 8.78. The van der Waals surface area contributed by atoms with Crippen molar-refractivity contribution >= 4 is 11.9 Å². The number of cyclic esters (lactones) is 1. The van der Waals surface area contributed by atoms with E-state index in [0.717, 1.165) is 18.4 Å². The van der Waals surface area contributed by atoms with Gasteiger partial charge in [-0.3, -0.25) is 4.90 Å². The van der Waals surface area contributed by atoms with Crippen LogP contribution in [0.2, 0.25) is 0 Å². The van der Waals surface area contributed by atoms with Crippen LogP contribution in [0.3, 0.4) is 0 Å². The van der Waals surface area contributed by atoms with E-state index < -0.39 is 47.3 Å². The van der Waals surface area contributed by atoms with E-state index in [1.54, 1.807) is 20.0 Å². The van der Waals surface area contributed by atoms with E-state index in [1.807, 2.05) is 13.0 Å². The van der Waals surface area contributed by atoms with Crippen LogP contribution < -0.4 is 4.90 Å². The molecule has 2 saturated heterocycles. The Morgan fingerprint density at radius 2 is 1.64 bits per heavy atom. The average Bonchev–Trinajstić information content (AvgIpc) is 3.45. The number of halogens is 6. The molecule has 2 atom stereocenters. The molecule has 0 radical (unpaired) electrons. The zero-order chi connectivity index (χ0) is 32.0. The van der Waals surface area contributed by atoms with Gasteiger partial charge in [-0.25, -0.2) is 9.78 Å². The van der Waals surface area contributed by atoms with Crippen molar-refractivity contribution in [2.45, 2.75) is 77.6 Å². The third-order valence-corrected chi connectivity index (χ3v) is 8.18. The Morgan fingerprint density at radius 3 is 2.18 bits per heavy atom. The number of rotatable bonds is 7. The summed E-state index contributed by atoms with van der Waals surface area (Å²) in [7, 11) is 0. The van der Waals surface area contributed by atoms with Crippen molar-refractivity contribution < 1.29 is 45.1 Å². The number of pyridine rings is 1. The molecular formula is C30H32F6N4O4. The van der Waals surface area contributed by atoms with Gasteiger partial charge in [0, 0.05) is 48.7 Å². The summed E-state index contributed by atoms with van der Waals surface area (Å²) < 4.78 is 97.7. The molecule has 2 aliphatic rings. The Labute approximate surface area is 249 Å². The van der Waals surface area contributed by atoms with Crippen molar-refractivity contribution in [1.29, 1.82) is 0 Å². The van der Waals surface area contributed by atoms with Crippen molar-refractivity contribution in [3.8, 4) is 11.1 Å². The Bertz CT molecular complexity index is 1460. The second-order valence-electron chi connectivity index (χ2n) is 11.0. The average molecular weight is 627 g/mol. The number of benzene rings is 1. The minimum absolute atomic E-state index is 0.0521. The molecule has 14 heteroatoms. The smallest absolute Gasteiger partial charge is 0.416 e. The van der Waals surface area contributed by atoms with Gasteiger partial charge in [0.2, 0.25) is 0 Å². The Hall–Kier alpha value is -3.81. The first-order chi connectivity index (χ1) is 20.7. The number of amides is 1. The molecule has 5 rings (SSSR count). The van der Waals surface area contributed by atoms with Gasteiger partial charge < -0.3 is 18.9 Å². The molecule has 0 N–H and O–H groups in total. The van der Waals surface area contributed by atoms with E-state index in [0.29, 0.717) is 60.3 Å². The molecule has 0 spiro atoms. The molecule has 4 heterocycles. The van der Waals surface area contributed by atoms with Crippen LogP contribution >= 0.6 is 0 Å². The third kappa shape index (κ3) is 6.21. The number of ether oxygens (including phenoxy) is 2. The van der Waals surface area contributed by atoms with Gasteiger partial charge in [-0.2, -0.15) is 26.3 Å². The molecule has 2 fully saturated rings. The minimum atomic E-state index is -5.03. The van der Waals surface area contributed by atoms with Gasteiger partial charge in [-0.1, -0.05) is 5.16 Å². The van der Waals surface area contributed by atoms with Crippen molar-refractivity contribution in [2.24, 2.45) is 0 Å². The lowest BCUT2D eigenvalue weighted by Crippen LogP contribution is -2.41. The van der Waals surface area contributed by atoms with Gasteiger partial charge in [0.1, 0.15) is 17.7 Å². The van der Waals surface area contributed by atoms with Crippen molar-refractivity contribution in [1.82, 2.24) is 15.0 Å². The molecule has 2 aliphatic heterocycles. The van der Waals surface area contributed by atoms with E-state index in [2.05, 4.69) is 10.1 Å². The fourth-order valence-corrected chi connectivity index (χ4v) is 5.97. The van der Waals surface area contributed by atoms with Crippen LogP contribution in [0.5, 0.6) is 0 Å². The molecule has 0 saturated carbocycles. The molecule has 1 aromatic carbocycles. The summed E-state index contributed by atoms with van der Waals surface area (Å²) in [5.41, 5.74) is -0.657. The lowest BCUT2D eigenvalue weighted by molar-refractivity contribution is -0.143. The van der Waals surface area contributed by atoms with Crippen molar-refractivity contribution in [3.63, 3.8) is 0 Å². The van der Waals surface area contributed by atoms with Gasteiger partial charge in [0.15, 0.2) is 0 Å². The highest BCUT2D eigenvalue weighted by atomic mass is 19.4. The van der Waals surface area contributed by atoms with E-state index in [4.69, 9.17) is 19.0 Å². The molecular weight excluding hydrogens is 594 g/mol. The second-order valence-corrected chi connectivity index (χ2v) is 11.0. The predicted molar refractivity (Wildman–Crippen MR) is 147 cm³/mol. The van der Waals surface area contributed by atoms with Crippen molar-refractivity contribution in [2.75, 3.05) is 24.7 Å². The van der Waals surface area contributed by atoms with Crippen LogP contribution in [0.15, 0.2) is 35.0 Å². The highest BCUT2D eigenvalue weighted by Gasteiger charge is 2.43. The van der Waals surface area contributed by atoms with Crippen LogP contribution in [0.25, 0.3) is 11.1 Å². The zero-order valence-electron chi connectivity index (χ0n) is 24.6. The minimum Gasteiger partial charge on any atom is -0.439 e. The Morgan fingerprint density at radius 1 is 1.00 bits per heavy atom. The number of aromatic nitrogens is 2. The molecule has 0 unspecified atom stereocenters. The highest BCUT2D eigenvalue weighted by Crippen LogP contribution is 2.42.